The van der Waals surface area contributed by atoms with Gasteiger partial charge in [-0.1, -0.05) is 50.5 Å². The molecule has 3 rings (SSSR count). The molecule has 2 aliphatic carbocycles. The van der Waals surface area contributed by atoms with E-state index < -0.39 is 0 Å². The number of benzene rings is 1. The zero-order valence-electron chi connectivity index (χ0n) is 12.2. The summed E-state index contributed by atoms with van der Waals surface area (Å²) in [7, 11) is 0. The Bertz CT molecular complexity index is 412. The number of fused-ring (bicyclic) bond motifs is 1. The van der Waals surface area contributed by atoms with E-state index in [2.05, 4.69) is 36.5 Å². The minimum atomic E-state index is 0.603. The second-order valence-corrected chi connectivity index (χ2v) is 6.57. The molecule has 0 bridgehead atoms. The third-order valence-corrected chi connectivity index (χ3v) is 5.28. The van der Waals surface area contributed by atoms with Gasteiger partial charge in [0.05, 0.1) is 0 Å². The Balaban J connectivity index is 1.67. The summed E-state index contributed by atoms with van der Waals surface area (Å²) in [5.74, 6) is 1.84. The van der Waals surface area contributed by atoms with E-state index in [4.69, 9.17) is 0 Å². The van der Waals surface area contributed by atoms with Crippen LogP contribution in [0.15, 0.2) is 24.3 Å². The summed E-state index contributed by atoms with van der Waals surface area (Å²) in [5, 5.41) is 3.89. The lowest BCUT2D eigenvalue weighted by molar-refractivity contribution is 0.360. The van der Waals surface area contributed by atoms with Gasteiger partial charge in [-0.05, 0) is 55.2 Å². The minimum absolute atomic E-state index is 0.603. The van der Waals surface area contributed by atoms with Crippen LogP contribution in [0.2, 0.25) is 0 Å². The quantitative estimate of drug-likeness (QED) is 0.787. The summed E-state index contributed by atoms with van der Waals surface area (Å²) in [6.07, 6.45) is 9.62. The molecule has 0 aliphatic heterocycles. The largest absolute Gasteiger partial charge is 0.310 e. The zero-order valence-corrected chi connectivity index (χ0v) is 12.2. The van der Waals surface area contributed by atoms with Crippen molar-refractivity contribution in [1.29, 1.82) is 0 Å². The third-order valence-electron chi connectivity index (χ3n) is 5.28. The van der Waals surface area contributed by atoms with Crippen LogP contribution < -0.4 is 5.32 Å². The Morgan fingerprint density at radius 1 is 1.05 bits per heavy atom. The van der Waals surface area contributed by atoms with Crippen LogP contribution in [0.1, 0.15) is 62.6 Å². The number of nitrogens with one attached hydrogen (secondary N) is 1. The highest BCUT2D eigenvalue weighted by molar-refractivity contribution is 5.31. The molecule has 0 amide bonds. The molecule has 0 aromatic heterocycles. The second-order valence-electron chi connectivity index (χ2n) is 6.57. The molecule has 1 saturated carbocycles. The Morgan fingerprint density at radius 2 is 1.95 bits per heavy atom. The molecule has 3 atom stereocenters. The van der Waals surface area contributed by atoms with Crippen molar-refractivity contribution in [3.63, 3.8) is 0 Å². The first-order chi connectivity index (χ1) is 9.34. The fourth-order valence-electron chi connectivity index (χ4n) is 3.95. The molecule has 0 radical (unpaired) electrons. The summed E-state index contributed by atoms with van der Waals surface area (Å²) < 4.78 is 0. The summed E-state index contributed by atoms with van der Waals surface area (Å²) >= 11 is 0. The van der Waals surface area contributed by atoms with Gasteiger partial charge in [0.15, 0.2) is 0 Å². The SMILES string of the molecule is CC1CCCC1CNC1CCCCc2ccccc21. The van der Waals surface area contributed by atoms with Crippen LogP contribution in [0.25, 0.3) is 0 Å². The third kappa shape index (κ3) is 3.02. The fourth-order valence-corrected chi connectivity index (χ4v) is 3.95. The molecular formula is C18H27N. The van der Waals surface area contributed by atoms with Gasteiger partial charge in [-0.3, -0.25) is 0 Å². The maximum atomic E-state index is 3.89. The summed E-state index contributed by atoms with van der Waals surface area (Å²) in [6, 6.07) is 9.67. The van der Waals surface area contributed by atoms with E-state index in [1.165, 1.54) is 51.5 Å². The first-order valence-corrected chi connectivity index (χ1v) is 8.16. The lowest BCUT2D eigenvalue weighted by atomic mass is 9.95. The van der Waals surface area contributed by atoms with Gasteiger partial charge in [-0.15, -0.1) is 0 Å². The standard InChI is InChI=1S/C18H27N/c1-14-7-6-10-16(14)13-19-18-12-5-3-9-15-8-2-4-11-17(15)18/h2,4,8,11,14,16,18-19H,3,5-7,9-10,12-13H2,1H3. The van der Waals surface area contributed by atoms with Crippen molar-refractivity contribution < 1.29 is 0 Å². The van der Waals surface area contributed by atoms with Gasteiger partial charge in [-0.25, -0.2) is 0 Å². The Labute approximate surface area is 117 Å². The van der Waals surface area contributed by atoms with E-state index in [0.717, 1.165) is 11.8 Å². The van der Waals surface area contributed by atoms with Crippen LogP contribution >= 0.6 is 0 Å². The number of hydrogen-bond donors (Lipinski definition) is 1. The molecular weight excluding hydrogens is 230 g/mol. The molecule has 19 heavy (non-hydrogen) atoms. The summed E-state index contributed by atoms with van der Waals surface area (Å²) in [4.78, 5) is 0. The van der Waals surface area contributed by atoms with E-state index in [1.807, 2.05) is 0 Å². The van der Waals surface area contributed by atoms with E-state index in [1.54, 1.807) is 11.1 Å². The van der Waals surface area contributed by atoms with Gasteiger partial charge < -0.3 is 5.32 Å². The molecule has 0 spiro atoms. The van der Waals surface area contributed by atoms with Gasteiger partial charge >= 0.3 is 0 Å². The van der Waals surface area contributed by atoms with Gasteiger partial charge in [0, 0.05) is 6.04 Å². The normalized spacial score (nSPS) is 30.9. The van der Waals surface area contributed by atoms with Crippen molar-refractivity contribution in [2.75, 3.05) is 6.54 Å². The molecule has 3 unspecified atom stereocenters. The van der Waals surface area contributed by atoms with Crippen LogP contribution in [0.4, 0.5) is 0 Å². The molecule has 1 heteroatoms. The average Bonchev–Trinajstić information content (AvgIpc) is 2.73. The molecule has 2 aliphatic rings. The van der Waals surface area contributed by atoms with Crippen LogP contribution in [-0.2, 0) is 6.42 Å². The van der Waals surface area contributed by atoms with Gasteiger partial charge in [0.2, 0.25) is 0 Å². The van der Waals surface area contributed by atoms with E-state index >= 15 is 0 Å². The van der Waals surface area contributed by atoms with Crippen LogP contribution in [0, 0.1) is 11.8 Å². The van der Waals surface area contributed by atoms with E-state index in [9.17, 15) is 0 Å². The van der Waals surface area contributed by atoms with Crippen LogP contribution in [0.5, 0.6) is 0 Å². The highest BCUT2D eigenvalue weighted by Gasteiger charge is 2.25. The first kappa shape index (κ1) is 13.2. The first-order valence-electron chi connectivity index (χ1n) is 8.16. The van der Waals surface area contributed by atoms with E-state index in [0.29, 0.717) is 6.04 Å². The van der Waals surface area contributed by atoms with Crippen molar-refractivity contribution in [3.05, 3.63) is 35.4 Å². The number of hydrogen-bond acceptors (Lipinski definition) is 1. The zero-order chi connectivity index (χ0) is 13.1. The lowest BCUT2D eigenvalue weighted by Gasteiger charge is -2.23. The fraction of sp³-hybridized carbons (Fsp3) is 0.667. The van der Waals surface area contributed by atoms with Gasteiger partial charge in [0.1, 0.15) is 0 Å². The Hall–Kier alpha value is -0.820. The molecule has 1 nitrogen and oxygen atoms in total. The number of aryl methyl sites for hydroxylation is 1. The van der Waals surface area contributed by atoms with Gasteiger partial charge in [-0.2, -0.15) is 0 Å². The Morgan fingerprint density at radius 3 is 2.79 bits per heavy atom. The highest BCUT2D eigenvalue weighted by atomic mass is 14.9. The molecule has 1 aromatic rings. The molecule has 1 aromatic carbocycles. The van der Waals surface area contributed by atoms with E-state index in [-0.39, 0.29) is 0 Å². The topological polar surface area (TPSA) is 12.0 Å². The van der Waals surface area contributed by atoms with Crippen molar-refractivity contribution in [1.82, 2.24) is 5.32 Å². The Kier molecular flexibility index (Phi) is 4.22. The van der Waals surface area contributed by atoms with Gasteiger partial charge in [0.25, 0.3) is 0 Å². The maximum absolute atomic E-state index is 3.89. The maximum Gasteiger partial charge on any atom is 0.0323 e. The average molecular weight is 257 g/mol. The summed E-state index contributed by atoms with van der Waals surface area (Å²) in [5.41, 5.74) is 3.16. The predicted octanol–water partition coefficient (Wildman–Crippen LogP) is 4.48. The number of rotatable bonds is 3. The van der Waals surface area contributed by atoms with Crippen molar-refractivity contribution in [3.8, 4) is 0 Å². The monoisotopic (exact) mass is 257 g/mol. The van der Waals surface area contributed by atoms with Crippen molar-refractivity contribution in [2.45, 2.75) is 57.9 Å². The summed E-state index contributed by atoms with van der Waals surface area (Å²) in [6.45, 7) is 3.65. The van der Waals surface area contributed by atoms with Crippen LogP contribution in [0.3, 0.4) is 0 Å². The molecule has 104 valence electrons. The second kappa shape index (κ2) is 6.09. The smallest absolute Gasteiger partial charge is 0.0323 e. The van der Waals surface area contributed by atoms with Crippen LogP contribution in [-0.4, -0.2) is 6.54 Å². The molecule has 1 N–H and O–H groups in total. The van der Waals surface area contributed by atoms with Crippen molar-refractivity contribution in [2.24, 2.45) is 11.8 Å². The molecule has 1 fully saturated rings. The molecule has 0 heterocycles. The molecule has 0 saturated heterocycles. The predicted molar refractivity (Wildman–Crippen MR) is 81.2 cm³/mol. The highest BCUT2D eigenvalue weighted by Crippen LogP contribution is 2.33. The minimum Gasteiger partial charge on any atom is -0.310 e. The lowest BCUT2D eigenvalue weighted by Crippen LogP contribution is -2.28. The van der Waals surface area contributed by atoms with Crippen molar-refractivity contribution >= 4 is 0 Å².